The predicted octanol–water partition coefficient (Wildman–Crippen LogP) is 0.996. The predicted molar refractivity (Wildman–Crippen MR) is 66.0 cm³/mol. The lowest BCUT2D eigenvalue weighted by Gasteiger charge is -2.18. The van der Waals surface area contributed by atoms with Crippen molar-refractivity contribution in [1.82, 2.24) is 0 Å². The number of ether oxygens (including phenoxy) is 1. The number of halogens is 1. The van der Waals surface area contributed by atoms with Crippen LogP contribution < -0.4 is 0 Å². The average Bonchev–Trinajstić information content (AvgIpc) is 2.36. The molecule has 1 rings (SSSR count). The van der Waals surface area contributed by atoms with Gasteiger partial charge in [0.2, 0.25) is 0 Å². The standard InChI is InChI=1S/C12H13ClO6/c1-2-19-12(18)10(15)9(14)6-4-3-5-7(13)8(6)11(16)17/h3-5,9-10,14-15H,2H2,1H3,(H,16,17). The van der Waals surface area contributed by atoms with Gasteiger partial charge < -0.3 is 20.1 Å². The Kier molecular flexibility index (Phi) is 5.29. The monoisotopic (exact) mass is 288 g/mol. The summed E-state index contributed by atoms with van der Waals surface area (Å²) in [6, 6.07) is 4.01. The van der Waals surface area contributed by atoms with Gasteiger partial charge in [-0.05, 0) is 18.6 Å². The maximum absolute atomic E-state index is 11.3. The molecule has 3 N–H and O–H groups in total. The molecule has 0 aliphatic carbocycles. The van der Waals surface area contributed by atoms with Crippen LogP contribution >= 0.6 is 11.6 Å². The Bertz CT molecular complexity index is 487. The quantitative estimate of drug-likeness (QED) is 0.698. The van der Waals surface area contributed by atoms with Gasteiger partial charge in [-0.25, -0.2) is 9.59 Å². The molecule has 0 aliphatic heterocycles. The number of carbonyl (C=O) groups is 2. The van der Waals surface area contributed by atoms with Gasteiger partial charge in [0.05, 0.1) is 17.2 Å². The molecule has 0 saturated carbocycles. The molecule has 0 heterocycles. The second kappa shape index (κ2) is 6.51. The molecule has 0 bridgehead atoms. The number of carboxylic acid groups (broad SMARTS) is 1. The molecule has 0 saturated heterocycles. The summed E-state index contributed by atoms with van der Waals surface area (Å²) in [5.41, 5.74) is -0.513. The summed E-state index contributed by atoms with van der Waals surface area (Å²) in [5, 5.41) is 28.4. The largest absolute Gasteiger partial charge is 0.478 e. The maximum atomic E-state index is 11.3. The van der Waals surface area contributed by atoms with Gasteiger partial charge in [-0.3, -0.25) is 0 Å². The molecule has 0 radical (unpaired) electrons. The van der Waals surface area contributed by atoms with Crippen molar-refractivity contribution in [1.29, 1.82) is 0 Å². The Morgan fingerprint density at radius 3 is 2.53 bits per heavy atom. The highest BCUT2D eigenvalue weighted by atomic mass is 35.5. The van der Waals surface area contributed by atoms with Crippen LogP contribution in [0.4, 0.5) is 0 Å². The van der Waals surface area contributed by atoms with E-state index in [2.05, 4.69) is 4.74 Å². The van der Waals surface area contributed by atoms with Crippen LogP contribution in [0.25, 0.3) is 0 Å². The highest BCUT2D eigenvalue weighted by Gasteiger charge is 2.30. The topological polar surface area (TPSA) is 104 Å². The third-order valence-electron chi connectivity index (χ3n) is 2.41. The summed E-state index contributed by atoms with van der Waals surface area (Å²) in [6.07, 6.45) is -3.61. The van der Waals surface area contributed by atoms with E-state index in [-0.39, 0.29) is 22.8 Å². The molecule has 0 aromatic heterocycles. The number of esters is 1. The van der Waals surface area contributed by atoms with E-state index in [1.165, 1.54) is 18.2 Å². The Labute approximate surface area is 114 Å². The third-order valence-corrected chi connectivity index (χ3v) is 2.72. The number of aromatic carboxylic acids is 1. The summed E-state index contributed by atoms with van der Waals surface area (Å²) in [6.45, 7) is 1.57. The zero-order valence-corrected chi connectivity index (χ0v) is 10.8. The first-order chi connectivity index (χ1) is 8.90. The fourth-order valence-electron chi connectivity index (χ4n) is 1.54. The summed E-state index contributed by atoms with van der Waals surface area (Å²) >= 11 is 5.72. The lowest BCUT2D eigenvalue weighted by molar-refractivity contribution is -0.159. The minimum atomic E-state index is -1.88. The molecule has 104 valence electrons. The Morgan fingerprint density at radius 1 is 1.37 bits per heavy atom. The molecule has 0 aliphatic rings. The van der Waals surface area contributed by atoms with Gasteiger partial charge >= 0.3 is 11.9 Å². The van der Waals surface area contributed by atoms with Crippen LogP contribution in [0.2, 0.25) is 5.02 Å². The second-order valence-electron chi connectivity index (χ2n) is 3.65. The number of aliphatic hydroxyl groups is 2. The SMILES string of the molecule is CCOC(=O)C(O)C(O)c1cccc(Cl)c1C(=O)O. The molecule has 6 nitrogen and oxygen atoms in total. The zero-order chi connectivity index (χ0) is 14.6. The molecule has 1 aromatic carbocycles. The van der Waals surface area contributed by atoms with E-state index in [0.717, 1.165) is 0 Å². The van der Waals surface area contributed by atoms with Crippen LogP contribution in [-0.4, -0.2) is 40.0 Å². The van der Waals surface area contributed by atoms with Crippen LogP contribution in [-0.2, 0) is 9.53 Å². The number of rotatable bonds is 5. The Hall–Kier alpha value is -1.63. The van der Waals surface area contributed by atoms with Gasteiger partial charge in [0, 0.05) is 0 Å². The van der Waals surface area contributed by atoms with Gasteiger partial charge in [-0.2, -0.15) is 0 Å². The molecule has 0 spiro atoms. The minimum Gasteiger partial charge on any atom is -0.478 e. The number of carboxylic acids is 1. The third kappa shape index (κ3) is 3.44. The van der Waals surface area contributed by atoms with Crippen molar-refractivity contribution in [2.75, 3.05) is 6.61 Å². The van der Waals surface area contributed by atoms with E-state index in [4.69, 9.17) is 16.7 Å². The van der Waals surface area contributed by atoms with E-state index < -0.39 is 24.1 Å². The molecule has 2 unspecified atom stereocenters. The minimum absolute atomic E-state index is 0.0317. The van der Waals surface area contributed by atoms with E-state index in [1.54, 1.807) is 6.92 Å². The van der Waals surface area contributed by atoms with Crippen LogP contribution in [0.15, 0.2) is 18.2 Å². The van der Waals surface area contributed by atoms with Gasteiger partial charge in [0.1, 0.15) is 6.10 Å². The molecular formula is C12H13ClO6. The van der Waals surface area contributed by atoms with Crippen molar-refractivity contribution >= 4 is 23.5 Å². The molecule has 1 aromatic rings. The first-order valence-electron chi connectivity index (χ1n) is 5.44. The molecule has 2 atom stereocenters. The number of hydrogen-bond acceptors (Lipinski definition) is 5. The van der Waals surface area contributed by atoms with Crippen LogP contribution in [0, 0.1) is 0 Å². The molecule has 0 fully saturated rings. The molecule has 0 amide bonds. The van der Waals surface area contributed by atoms with E-state index in [1.807, 2.05) is 0 Å². The summed E-state index contributed by atoms with van der Waals surface area (Å²) in [5.74, 6) is -2.40. The van der Waals surface area contributed by atoms with Crippen molar-refractivity contribution < 1.29 is 29.6 Å². The van der Waals surface area contributed by atoms with Crippen LogP contribution in [0.1, 0.15) is 28.9 Å². The van der Waals surface area contributed by atoms with Gasteiger partial charge in [0.25, 0.3) is 0 Å². The average molecular weight is 289 g/mol. The molecule has 19 heavy (non-hydrogen) atoms. The van der Waals surface area contributed by atoms with E-state index >= 15 is 0 Å². The summed E-state index contributed by atoms with van der Waals surface area (Å²) < 4.78 is 4.55. The Morgan fingerprint density at radius 2 is 2.00 bits per heavy atom. The molecular weight excluding hydrogens is 276 g/mol. The van der Waals surface area contributed by atoms with Crippen molar-refractivity contribution in [3.05, 3.63) is 34.3 Å². The highest BCUT2D eigenvalue weighted by Crippen LogP contribution is 2.27. The van der Waals surface area contributed by atoms with Gasteiger partial charge in [-0.15, -0.1) is 0 Å². The zero-order valence-electron chi connectivity index (χ0n) is 10.0. The van der Waals surface area contributed by atoms with Crippen molar-refractivity contribution in [3.8, 4) is 0 Å². The molecule has 7 heteroatoms. The second-order valence-corrected chi connectivity index (χ2v) is 4.06. The smallest absolute Gasteiger partial charge is 0.338 e. The Balaban J connectivity index is 3.12. The van der Waals surface area contributed by atoms with Crippen molar-refractivity contribution in [3.63, 3.8) is 0 Å². The highest BCUT2D eigenvalue weighted by molar-refractivity contribution is 6.33. The van der Waals surface area contributed by atoms with Crippen molar-refractivity contribution in [2.45, 2.75) is 19.1 Å². The van der Waals surface area contributed by atoms with Gasteiger partial charge in [-0.1, -0.05) is 23.7 Å². The maximum Gasteiger partial charge on any atom is 0.338 e. The first kappa shape index (κ1) is 15.4. The summed E-state index contributed by atoms with van der Waals surface area (Å²) in [4.78, 5) is 22.4. The number of hydrogen-bond donors (Lipinski definition) is 3. The van der Waals surface area contributed by atoms with E-state index in [0.29, 0.717) is 0 Å². The first-order valence-corrected chi connectivity index (χ1v) is 5.82. The number of carbonyl (C=O) groups excluding carboxylic acids is 1. The summed E-state index contributed by atoms with van der Waals surface area (Å²) in [7, 11) is 0. The number of benzene rings is 1. The fraction of sp³-hybridized carbons (Fsp3) is 0.333. The van der Waals surface area contributed by atoms with E-state index in [9.17, 15) is 19.8 Å². The van der Waals surface area contributed by atoms with Gasteiger partial charge in [0.15, 0.2) is 6.10 Å². The van der Waals surface area contributed by atoms with Crippen molar-refractivity contribution in [2.24, 2.45) is 0 Å². The van der Waals surface area contributed by atoms with Crippen LogP contribution in [0.5, 0.6) is 0 Å². The lowest BCUT2D eigenvalue weighted by atomic mass is 9.98. The number of aliphatic hydroxyl groups excluding tert-OH is 2. The normalized spacial score (nSPS) is 13.7. The fourth-order valence-corrected chi connectivity index (χ4v) is 1.80. The lowest BCUT2D eigenvalue weighted by Crippen LogP contribution is -2.30. The van der Waals surface area contributed by atoms with Crippen LogP contribution in [0.3, 0.4) is 0 Å².